The van der Waals surface area contributed by atoms with Crippen LogP contribution in [0.25, 0.3) is 0 Å². The van der Waals surface area contributed by atoms with Crippen LogP contribution in [0.15, 0.2) is 34.9 Å². The molecule has 102 valence electrons. The number of hydrogen-bond acceptors (Lipinski definition) is 6. The zero-order chi connectivity index (χ0) is 14.0. The highest BCUT2D eigenvalue weighted by Gasteiger charge is 2.25. The molecule has 1 heterocycles. The molecule has 1 aromatic heterocycles. The first-order chi connectivity index (χ1) is 8.89. The smallest absolute Gasteiger partial charge is 0.248 e. The highest BCUT2D eigenvalue weighted by molar-refractivity contribution is 7.90. The normalized spacial score (nSPS) is 15.1. The minimum absolute atomic E-state index is 0.129. The van der Waals surface area contributed by atoms with Crippen LogP contribution in [-0.4, -0.2) is 24.8 Å². The lowest BCUT2D eigenvalue weighted by Gasteiger charge is -2.06. The molecule has 7 heteroatoms. The third-order valence-electron chi connectivity index (χ3n) is 2.89. The van der Waals surface area contributed by atoms with Crippen molar-refractivity contribution in [3.05, 3.63) is 47.6 Å². The molecular weight excluding hydrogens is 266 g/mol. The summed E-state index contributed by atoms with van der Waals surface area (Å²) < 4.78 is 27.9. The Morgan fingerprint density at radius 3 is 2.47 bits per heavy atom. The maximum Gasteiger partial charge on any atom is 0.248 e. The van der Waals surface area contributed by atoms with Crippen LogP contribution in [-0.2, 0) is 9.84 Å². The third-order valence-corrected chi connectivity index (χ3v) is 4.38. The number of rotatable bonds is 4. The number of nitrogens with two attached hydrogens (primary N) is 1. The Bertz CT molecular complexity index is 652. The summed E-state index contributed by atoms with van der Waals surface area (Å²) in [6.45, 7) is 1.51. The van der Waals surface area contributed by atoms with Gasteiger partial charge in [0.15, 0.2) is 15.7 Å². The maximum atomic E-state index is 11.4. The first kappa shape index (κ1) is 13.7. The summed E-state index contributed by atoms with van der Waals surface area (Å²) in [5.74, 6) is 0.334. The molecular formula is C12H15N3O3S. The predicted octanol–water partition coefficient (Wildman–Crippen LogP) is 1.22. The van der Waals surface area contributed by atoms with Gasteiger partial charge >= 0.3 is 0 Å². The van der Waals surface area contributed by atoms with E-state index >= 15 is 0 Å². The van der Waals surface area contributed by atoms with Crippen molar-refractivity contribution in [2.75, 3.05) is 6.26 Å². The Morgan fingerprint density at radius 2 is 1.89 bits per heavy atom. The van der Waals surface area contributed by atoms with Crippen molar-refractivity contribution in [1.29, 1.82) is 0 Å². The monoisotopic (exact) mass is 281 g/mol. The van der Waals surface area contributed by atoms with E-state index in [1.807, 2.05) is 30.3 Å². The largest absolute Gasteiger partial charge is 0.337 e. The molecule has 0 saturated heterocycles. The summed E-state index contributed by atoms with van der Waals surface area (Å²) in [4.78, 5) is 4.07. The molecule has 6 nitrogen and oxygen atoms in total. The van der Waals surface area contributed by atoms with Crippen LogP contribution in [0.3, 0.4) is 0 Å². The third kappa shape index (κ3) is 2.99. The van der Waals surface area contributed by atoms with Crippen molar-refractivity contribution < 1.29 is 12.9 Å². The molecule has 2 atom stereocenters. The van der Waals surface area contributed by atoms with Gasteiger partial charge in [0.1, 0.15) is 11.3 Å². The molecule has 0 amide bonds. The Balaban J connectivity index is 2.27. The van der Waals surface area contributed by atoms with Gasteiger partial charge in [-0.1, -0.05) is 35.5 Å². The van der Waals surface area contributed by atoms with Crippen molar-refractivity contribution in [3.63, 3.8) is 0 Å². The number of benzene rings is 1. The second-order valence-electron chi connectivity index (χ2n) is 4.35. The van der Waals surface area contributed by atoms with Crippen molar-refractivity contribution in [2.45, 2.75) is 18.2 Å². The summed E-state index contributed by atoms with van der Waals surface area (Å²) in [6, 6.07) is 8.70. The molecule has 19 heavy (non-hydrogen) atoms. The molecule has 0 fully saturated rings. The summed E-state index contributed by atoms with van der Waals surface area (Å²) in [6.07, 6.45) is 1.13. The second kappa shape index (κ2) is 5.10. The van der Waals surface area contributed by atoms with Gasteiger partial charge in [-0.05, 0) is 12.5 Å². The van der Waals surface area contributed by atoms with Crippen molar-refractivity contribution in [2.24, 2.45) is 5.73 Å². The van der Waals surface area contributed by atoms with Crippen LogP contribution >= 0.6 is 0 Å². The first-order valence-electron chi connectivity index (χ1n) is 5.72. The van der Waals surface area contributed by atoms with E-state index in [2.05, 4.69) is 10.1 Å². The van der Waals surface area contributed by atoms with E-state index in [4.69, 9.17) is 10.3 Å². The quantitative estimate of drug-likeness (QED) is 0.904. The Hall–Kier alpha value is -1.73. The SMILES string of the molecule is CC(c1noc(C(N)c2ccccc2)n1)S(C)(=O)=O. The molecule has 0 radical (unpaired) electrons. The van der Waals surface area contributed by atoms with Crippen LogP contribution in [0.5, 0.6) is 0 Å². The average molecular weight is 281 g/mol. The minimum Gasteiger partial charge on any atom is -0.337 e. The molecule has 2 aromatic rings. The lowest BCUT2D eigenvalue weighted by atomic mass is 10.1. The van der Waals surface area contributed by atoms with Gasteiger partial charge in [0, 0.05) is 6.26 Å². The van der Waals surface area contributed by atoms with Gasteiger partial charge in [0.25, 0.3) is 0 Å². The van der Waals surface area contributed by atoms with Gasteiger partial charge in [0.2, 0.25) is 5.89 Å². The summed E-state index contributed by atoms with van der Waals surface area (Å²) in [5, 5.41) is 2.87. The molecule has 0 aliphatic carbocycles. The summed E-state index contributed by atoms with van der Waals surface area (Å²) in [7, 11) is -3.26. The number of hydrogen-bond donors (Lipinski definition) is 1. The van der Waals surface area contributed by atoms with Gasteiger partial charge < -0.3 is 10.3 Å². The highest BCUT2D eigenvalue weighted by Crippen LogP contribution is 2.22. The van der Waals surface area contributed by atoms with E-state index in [1.54, 1.807) is 0 Å². The van der Waals surface area contributed by atoms with E-state index in [9.17, 15) is 8.42 Å². The van der Waals surface area contributed by atoms with Crippen LogP contribution in [0.1, 0.15) is 35.5 Å². The van der Waals surface area contributed by atoms with Gasteiger partial charge in [-0.25, -0.2) is 8.42 Å². The molecule has 1 aromatic carbocycles. The lowest BCUT2D eigenvalue weighted by molar-refractivity contribution is 0.362. The molecule has 0 spiro atoms. The zero-order valence-electron chi connectivity index (χ0n) is 10.6. The van der Waals surface area contributed by atoms with Gasteiger partial charge in [-0.3, -0.25) is 0 Å². The van der Waals surface area contributed by atoms with Crippen LogP contribution in [0.4, 0.5) is 0 Å². The fraction of sp³-hybridized carbons (Fsp3) is 0.333. The Labute approximate surface area is 111 Å². The van der Waals surface area contributed by atoms with Crippen LogP contribution in [0.2, 0.25) is 0 Å². The number of nitrogens with zero attached hydrogens (tertiary/aromatic N) is 2. The standard InChI is InChI=1S/C12H15N3O3S/c1-8(19(2,16)17)11-14-12(18-15-11)10(13)9-6-4-3-5-7-9/h3-8,10H,13H2,1-2H3. The molecule has 0 saturated carbocycles. The second-order valence-corrected chi connectivity index (χ2v) is 6.72. The first-order valence-corrected chi connectivity index (χ1v) is 7.68. The summed E-state index contributed by atoms with van der Waals surface area (Å²) >= 11 is 0. The molecule has 2 rings (SSSR count). The molecule has 2 N–H and O–H groups in total. The molecule has 0 aliphatic rings. The fourth-order valence-corrected chi connectivity index (χ4v) is 2.01. The molecule has 0 bridgehead atoms. The fourth-order valence-electron chi connectivity index (χ4n) is 1.53. The zero-order valence-corrected chi connectivity index (χ0v) is 11.5. The van der Waals surface area contributed by atoms with Gasteiger partial charge in [-0.2, -0.15) is 4.98 Å². The number of aromatic nitrogens is 2. The highest BCUT2D eigenvalue weighted by atomic mass is 32.2. The van der Waals surface area contributed by atoms with Crippen molar-refractivity contribution >= 4 is 9.84 Å². The van der Waals surface area contributed by atoms with Crippen LogP contribution in [0, 0.1) is 0 Å². The van der Waals surface area contributed by atoms with Gasteiger partial charge in [-0.15, -0.1) is 0 Å². The Kier molecular flexibility index (Phi) is 3.68. The van der Waals surface area contributed by atoms with E-state index in [1.165, 1.54) is 6.92 Å². The van der Waals surface area contributed by atoms with Crippen molar-refractivity contribution in [1.82, 2.24) is 10.1 Å². The predicted molar refractivity (Wildman–Crippen MR) is 70.0 cm³/mol. The Morgan fingerprint density at radius 1 is 1.26 bits per heavy atom. The van der Waals surface area contributed by atoms with E-state index in [0.29, 0.717) is 0 Å². The van der Waals surface area contributed by atoms with E-state index in [-0.39, 0.29) is 11.7 Å². The van der Waals surface area contributed by atoms with Crippen molar-refractivity contribution in [3.8, 4) is 0 Å². The van der Waals surface area contributed by atoms with E-state index in [0.717, 1.165) is 11.8 Å². The lowest BCUT2D eigenvalue weighted by Crippen LogP contribution is -2.13. The molecule has 2 unspecified atom stereocenters. The minimum atomic E-state index is -3.26. The average Bonchev–Trinajstić information content (AvgIpc) is 2.86. The summed E-state index contributed by atoms with van der Waals surface area (Å²) in [5.41, 5.74) is 6.82. The number of sulfone groups is 1. The van der Waals surface area contributed by atoms with E-state index < -0.39 is 21.1 Å². The topological polar surface area (TPSA) is 99.1 Å². The van der Waals surface area contributed by atoms with Gasteiger partial charge in [0.05, 0.1) is 0 Å². The van der Waals surface area contributed by atoms with Crippen LogP contribution < -0.4 is 5.73 Å². The molecule has 0 aliphatic heterocycles. The maximum absolute atomic E-state index is 11.4.